The Kier molecular flexibility index (Phi) is 5.51. The Balaban J connectivity index is 0.00000144. The van der Waals surface area contributed by atoms with E-state index >= 15 is 0 Å². The van der Waals surface area contributed by atoms with Gasteiger partial charge in [0, 0.05) is 6.07 Å². The topological polar surface area (TPSA) is 29.8 Å². The Bertz CT molecular complexity index is 340. The molecule has 1 aliphatic rings. The van der Waals surface area contributed by atoms with E-state index in [1.165, 1.54) is 13.1 Å². The first-order valence-electron chi connectivity index (χ1n) is 5.95. The van der Waals surface area contributed by atoms with Crippen LogP contribution in [0.3, 0.4) is 0 Å². The van der Waals surface area contributed by atoms with Crippen molar-refractivity contribution in [1.29, 1.82) is 0 Å². The van der Waals surface area contributed by atoms with E-state index < -0.39 is 0 Å². The smallest absolute Gasteiger partial charge is 0.215 e. The van der Waals surface area contributed by atoms with Gasteiger partial charge in [0.05, 0.1) is 39.8 Å². The molecular weight excluding hydrogens is 238 g/mol. The summed E-state index contributed by atoms with van der Waals surface area (Å²) in [7, 11) is 2.24. The molecule has 0 aromatic carbocycles. The van der Waals surface area contributed by atoms with Crippen LogP contribution in [0.25, 0.3) is 0 Å². The molecule has 4 nitrogen and oxygen atoms in total. The summed E-state index contributed by atoms with van der Waals surface area (Å²) in [5, 5.41) is 0. The normalized spacial score (nSPS) is 16.5. The number of hydrogen-bond acceptors (Lipinski definition) is 3. The first-order chi connectivity index (χ1) is 7.79. The summed E-state index contributed by atoms with van der Waals surface area (Å²) in [5.74, 6) is 1.77. The largest absolute Gasteiger partial charge is 1.00 e. The second-order valence-electron chi connectivity index (χ2n) is 4.21. The standard InChI is InChI=1S/C12H19N3O.ClH/c1-3-16-12-6-4-5-11(13-12)15-9-7-14(2)8-10-15;/h4-6H,3,7-10H2,1-2H3;1H. The first kappa shape index (κ1) is 14.1. The van der Waals surface area contributed by atoms with Crippen molar-refractivity contribution in [2.24, 2.45) is 0 Å². The van der Waals surface area contributed by atoms with Crippen molar-refractivity contribution >= 4 is 5.82 Å². The van der Waals surface area contributed by atoms with Crippen molar-refractivity contribution in [1.82, 2.24) is 4.98 Å². The zero-order valence-electron chi connectivity index (χ0n) is 10.4. The molecule has 17 heavy (non-hydrogen) atoms. The zero-order chi connectivity index (χ0) is 11.4. The van der Waals surface area contributed by atoms with Crippen LogP contribution in [0.4, 0.5) is 5.82 Å². The number of quaternary nitrogens is 1. The van der Waals surface area contributed by atoms with Gasteiger partial charge in [-0.25, -0.2) is 0 Å². The predicted molar refractivity (Wildman–Crippen MR) is 64.2 cm³/mol. The highest BCUT2D eigenvalue weighted by Crippen LogP contribution is 2.15. The van der Waals surface area contributed by atoms with Gasteiger partial charge in [0.2, 0.25) is 5.88 Å². The molecule has 96 valence electrons. The molecule has 0 spiro atoms. The Hall–Kier alpha value is -1.00. The van der Waals surface area contributed by atoms with Gasteiger partial charge in [0.25, 0.3) is 0 Å². The molecule has 0 bridgehead atoms. The Morgan fingerprint density at radius 1 is 1.35 bits per heavy atom. The molecule has 0 saturated carbocycles. The van der Waals surface area contributed by atoms with Crippen molar-refractivity contribution in [2.75, 3.05) is 44.7 Å². The molecule has 0 atom stereocenters. The van der Waals surface area contributed by atoms with Crippen LogP contribution in [0.1, 0.15) is 6.92 Å². The summed E-state index contributed by atoms with van der Waals surface area (Å²) >= 11 is 0. The number of piperazine rings is 1. The lowest BCUT2D eigenvalue weighted by molar-refractivity contribution is -0.880. The molecule has 0 amide bonds. The van der Waals surface area contributed by atoms with Gasteiger partial charge in [-0.2, -0.15) is 4.98 Å². The quantitative estimate of drug-likeness (QED) is 0.619. The number of anilines is 1. The van der Waals surface area contributed by atoms with E-state index in [1.807, 2.05) is 19.1 Å². The third kappa shape index (κ3) is 3.75. The number of halogens is 1. The van der Waals surface area contributed by atoms with Crippen LogP contribution >= 0.6 is 0 Å². The van der Waals surface area contributed by atoms with Gasteiger partial charge in [-0.1, -0.05) is 6.07 Å². The Morgan fingerprint density at radius 2 is 2.06 bits per heavy atom. The van der Waals surface area contributed by atoms with Crippen molar-refractivity contribution in [2.45, 2.75) is 6.92 Å². The van der Waals surface area contributed by atoms with E-state index in [-0.39, 0.29) is 12.4 Å². The van der Waals surface area contributed by atoms with E-state index in [0.29, 0.717) is 6.61 Å². The number of nitrogens with zero attached hydrogens (tertiary/aromatic N) is 2. The van der Waals surface area contributed by atoms with Crippen LogP contribution in [0, 0.1) is 0 Å². The second kappa shape index (κ2) is 6.67. The molecule has 5 heteroatoms. The third-order valence-corrected chi connectivity index (χ3v) is 2.94. The van der Waals surface area contributed by atoms with Gasteiger partial charge in [-0.15, -0.1) is 0 Å². The number of pyridine rings is 1. The van der Waals surface area contributed by atoms with Crippen LogP contribution in [-0.2, 0) is 0 Å². The van der Waals surface area contributed by atoms with Crippen LogP contribution in [0.15, 0.2) is 18.2 Å². The fourth-order valence-corrected chi connectivity index (χ4v) is 1.93. The molecule has 0 radical (unpaired) electrons. The highest BCUT2D eigenvalue weighted by atomic mass is 35.5. The molecule has 2 heterocycles. The molecule has 0 unspecified atom stereocenters. The number of hydrogen-bond donors (Lipinski definition) is 1. The predicted octanol–water partition coefficient (Wildman–Crippen LogP) is -3.18. The second-order valence-corrected chi connectivity index (χ2v) is 4.21. The van der Waals surface area contributed by atoms with E-state index in [1.54, 1.807) is 4.90 Å². The van der Waals surface area contributed by atoms with Crippen LogP contribution in [-0.4, -0.2) is 44.8 Å². The van der Waals surface area contributed by atoms with E-state index in [9.17, 15) is 0 Å². The summed E-state index contributed by atoms with van der Waals surface area (Å²) < 4.78 is 5.42. The fraction of sp³-hybridized carbons (Fsp3) is 0.583. The molecule has 1 aliphatic heterocycles. The number of nitrogens with one attached hydrogen (secondary N) is 1. The number of rotatable bonds is 3. The van der Waals surface area contributed by atoms with Gasteiger partial charge >= 0.3 is 0 Å². The lowest BCUT2D eigenvalue weighted by atomic mass is 10.3. The average Bonchev–Trinajstić information content (AvgIpc) is 2.31. The fourth-order valence-electron chi connectivity index (χ4n) is 1.93. The van der Waals surface area contributed by atoms with Crippen molar-refractivity contribution in [3.05, 3.63) is 18.2 Å². The number of likely N-dealkylation sites (N-methyl/N-ethyl adjacent to an activating group) is 1. The van der Waals surface area contributed by atoms with Crippen LogP contribution in [0.5, 0.6) is 5.88 Å². The van der Waals surface area contributed by atoms with Crippen molar-refractivity contribution in [3.63, 3.8) is 0 Å². The van der Waals surface area contributed by atoms with Gasteiger partial charge < -0.3 is 26.9 Å². The highest BCUT2D eigenvalue weighted by Gasteiger charge is 2.17. The monoisotopic (exact) mass is 257 g/mol. The summed E-state index contributed by atoms with van der Waals surface area (Å²) in [6.07, 6.45) is 0. The van der Waals surface area contributed by atoms with Crippen molar-refractivity contribution < 1.29 is 22.0 Å². The van der Waals surface area contributed by atoms with Gasteiger partial charge in [-0.05, 0) is 13.0 Å². The van der Waals surface area contributed by atoms with E-state index in [0.717, 1.165) is 24.8 Å². The lowest BCUT2D eigenvalue weighted by Gasteiger charge is -2.30. The minimum atomic E-state index is 0. The molecule has 1 fully saturated rings. The molecule has 1 aromatic heterocycles. The summed E-state index contributed by atoms with van der Waals surface area (Å²) in [5.41, 5.74) is 0. The van der Waals surface area contributed by atoms with E-state index in [4.69, 9.17) is 4.74 Å². The average molecular weight is 258 g/mol. The molecule has 0 aliphatic carbocycles. The molecule has 2 rings (SSSR count). The maximum atomic E-state index is 5.42. The maximum absolute atomic E-state index is 5.42. The van der Waals surface area contributed by atoms with E-state index in [2.05, 4.69) is 23.0 Å². The number of aromatic nitrogens is 1. The van der Waals surface area contributed by atoms with Gasteiger partial charge in [-0.3, -0.25) is 0 Å². The van der Waals surface area contributed by atoms with Crippen LogP contribution in [0.2, 0.25) is 0 Å². The zero-order valence-corrected chi connectivity index (χ0v) is 11.2. The molecule has 1 aromatic rings. The number of ether oxygens (including phenoxy) is 1. The maximum Gasteiger partial charge on any atom is 0.215 e. The Labute approximate surface area is 109 Å². The molecule has 1 N–H and O–H groups in total. The minimum absolute atomic E-state index is 0. The van der Waals surface area contributed by atoms with Gasteiger partial charge in [0.15, 0.2) is 0 Å². The first-order valence-corrected chi connectivity index (χ1v) is 5.95. The highest BCUT2D eigenvalue weighted by molar-refractivity contribution is 5.40. The summed E-state index contributed by atoms with van der Waals surface area (Å²) in [4.78, 5) is 8.43. The molecular formula is C12H20ClN3O. The van der Waals surface area contributed by atoms with Crippen molar-refractivity contribution in [3.8, 4) is 5.88 Å². The third-order valence-electron chi connectivity index (χ3n) is 2.94. The Morgan fingerprint density at radius 3 is 2.71 bits per heavy atom. The lowest BCUT2D eigenvalue weighted by Crippen LogP contribution is -3.12. The molecule has 1 saturated heterocycles. The summed E-state index contributed by atoms with van der Waals surface area (Å²) in [6.45, 7) is 7.17. The van der Waals surface area contributed by atoms with Crippen LogP contribution < -0.4 is 26.9 Å². The SMILES string of the molecule is CCOc1cccc(N2CC[NH+](C)CC2)n1.[Cl-]. The summed E-state index contributed by atoms with van der Waals surface area (Å²) in [6, 6.07) is 5.98. The minimum Gasteiger partial charge on any atom is -1.00 e. The van der Waals surface area contributed by atoms with Gasteiger partial charge in [0.1, 0.15) is 5.82 Å².